The molecule has 0 saturated heterocycles. The summed E-state index contributed by atoms with van der Waals surface area (Å²) in [5.74, 6) is 1.06. The van der Waals surface area contributed by atoms with Crippen molar-refractivity contribution in [2.24, 2.45) is 0 Å². The summed E-state index contributed by atoms with van der Waals surface area (Å²) in [6.07, 6.45) is 6.19. The van der Waals surface area contributed by atoms with Crippen LogP contribution in [0.4, 0.5) is 0 Å². The number of rotatable bonds is 5. The van der Waals surface area contributed by atoms with Crippen molar-refractivity contribution in [1.82, 2.24) is 14.5 Å². The summed E-state index contributed by atoms with van der Waals surface area (Å²) >= 11 is 0. The van der Waals surface area contributed by atoms with Crippen LogP contribution in [0.25, 0.3) is 33.1 Å². The Morgan fingerprint density at radius 1 is 0.824 bits per heavy atom. The van der Waals surface area contributed by atoms with Crippen molar-refractivity contribution < 1.29 is 4.42 Å². The van der Waals surface area contributed by atoms with Gasteiger partial charge in [-0.25, -0.2) is 4.98 Å². The van der Waals surface area contributed by atoms with Gasteiger partial charge < -0.3 is 8.98 Å². The van der Waals surface area contributed by atoms with Crippen molar-refractivity contribution in [3.8, 4) is 11.1 Å². The van der Waals surface area contributed by atoms with Gasteiger partial charge in [0.05, 0.1) is 17.3 Å². The molecule has 4 nitrogen and oxygen atoms in total. The molecule has 0 saturated carbocycles. The number of pyridine rings is 1. The summed E-state index contributed by atoms with van der Waals surface area (Å²) in [5, 5.41) is 1.11. The predicted molar refractivity (Wildman–Crippen MR) is 137 cm³/mol. The second kappa shape index (κ2) is 8.31. The molecule has 0 aliphatic heterocycles. The van der Waals surface area contributed by atoms with Gasteiger partial charge in [0.25, 0.3) is 0 Å². The minimum Gasteiger partial charge on any atom is -0.464 e. The maximum Gasteiger partial charge on any atom is 0.133 e. The van der Waals surface area contributed by atoms with E-state index >= 15 is 0 Å². The summed E-state index contributed by atoms with van der Waals surface area (Å²) in [7, 11) is 0. The van der Waals surface area contributed by atoms with Crippen molar-refractivity contribution in [1.29, 1.82) is 0 Å². The highest BCUT2D eigenvalue weighted by atomic mass is 16.3. The van der Waals surface area contributed by atoms with Crippen molar-refractivity contribution in [3.05, 3.63) is 120 Å². The van der Waals surface area contributed by atoms with Gasteiger partial charge in [0.1, 0.15) is 11.4 Å². The van der Waals surface area contributed by atoms with Crippen LogP contribution < -0.4 is 0 Å². The molecular weight excluding hydrogens is 418 g/mol. The van der Waals surface area contributed by atoms with E-state index < -0.39 is 0 Å². The van der Waals surface area contributed by atoms with E-state index in [1.54, 1.807) is 6.26 Å². The van der Waals surface area contributed by atoms with E-state index in [0.29, 0.717) is 0 Å². The van der Waals surface area contributed by atoms with Gasteiger partial charge in [-0.05, 0) is 84.1 Å². The van der Waals surface area contributed by atoms with Crippen LogP contribution in [-0.4, -0.2) is 14.5 Å². The van der Waals surface area contributed by atoms with Crippen molar-refractivity contribution in [3.63, 3.8) is 0 Å². The number of nitrogens with zero attached hydrogens (tertiary/aromatic N) is 3. The van der Waals surface area contributed by atoms with Gasteiger partial charge in [0, 0.05) is 30.7 Å². The third-order valence-corrected chi connectivity index (χ3v) is 6.56. The zero-order valence-corrected chi connectivity index (χ0v) is 19.3. The van der Waals surface area contributed by atoms with Crippen LogP contribution in [-0.2, 0) is 13.0 Å². The average Bonchev–Trinajstić information content (AvgIpc) is 3.46. The van der Waals surface area contributed by atoms with Gasteiger partial charge in [-0.15, -0.1) is 0 Å². The normalized spacial score (nSPS) is 11.5. The Balaban J connectivity index is 1.50. The van der Waals surface area contributed by atoms with Gasteiger partial charge in [0.15, 0.2) is 0 Å². The first-order valence-corrected chi connectivity index (χ1v) is 11.6. The number of hydrogen-bond donors (Lipinski definition) is 0. The molecule has 6 aromatic rings. The maximum atomic E-state index is 5.53. The molecule has 34 heavy (non-hydrogen) atoms. The van der Waals surface area contributed by atoms with Crippen molar-refractivity contribution in [2.75, 3.05) is 0 Å². The smallest absolute Gasteiger partial charge is 0.133 e. The van der Waals surface area contributed by atoms with Crippen LogP contribution in [0.1, 0.15) is 28.1 Å². The first-order chi connectivity index (χ1) is 16.6. The summed E-state index contributed by atoms with van der Waals surface area (Å²) in [6, 6.07) is 25.7. The second-order valence-electron chi connectivity index (χ2n) is 8.95. The van der Waals surface area contributed by atoms with Gasteiger partial charge in [-0.2, -0.15) is 0 Å². The molecule has 3 aromatic carbocycles. The van der Waals surface area contributed by atoms with Gasteiger partial charge >= 0.3 is 0 Å². The molecule has 0 atom stereocenters. The molecule has 3 heterocycles. The molecule has 3 aromatic heterocycles. The average molecular weight is 444 g/mol. The van der Waals surface area contributed by atoms with Crippen LogP contribution in [0.3, 0.4) is 0 Å². The zero-order chi connectivity index (χ0) is 23.1. The fraction of sp³-hybridized carbons (Fsp3) is 0.133. The van der Waals surface area contributed by atoms with E-state index in [1.165, 1.54) is 33.4 Å². The molecule has 0 amide bonds. The maximum absolute atomic E-state index is 5.53. The van der Waals surface area contributed by atoms with Crippen LogP contribution in [0, 0.1) is 13.8 Å². The minimum atomic E-state index is 0.762. The van der Waals surface area contributed by atoms with E-state index in [9.17, 15) is 0 Å². The van der Waals surface area contributed by atoms with Gasteiger partial charge in [0.2, 0.25) is 0 Å². The third-order valence-electron chi connectivity index (χ3n) is 6.56. The van der Waals surface area contributed by atoms with Crippen molar-refractivity contribution in [2.45, 2.75) is 26.8 Å². The highest BCUT2D eigenvalue weighted by molar-refractivity contribution is 5.87. The van der Waals surface area contributed by atoms with Crippen molar-refractivity contribution >= 4 is 22.0 Å². The summed E-state index contributed by atoms with van der Waals surface area (Å²) in [4.78, 5) is 9.23. The monoisotopic (exact) mass is 443 g/mol. The molecular formula is C30H25N3O. The van der Waals surface area contributed by atoms with Gasteiger partial charge in [-0.3, -0.25) is 4.98 Å². The lowest BCUT2D eigenvalue weighted by Gasteiger charge is -2.13. The first kappa shape index (κ1) is 20.4. The Bertz CT molecular complexity index is 1630. The first-order valence-electron chi connectivity index (χ1n) is 11.6. The lowest BCUT2D eigenvalue weighted by Crippen LogP contribution is -2.07. The highest BCUT2D eigenvalue weighted by Gasteiger charge is 2.14. The molecule has 0 unspecified atom stereocenters. The standard InChI is InChI=1S/C30H25N3O/c1-20-3-4-21(2)26(15-20)19-33-28-18-24(23-6-8-29-25(17-23)11-14-34-29)5-7-27(28)32-30(33)16-22-9-12-31-13-10-22/h3-15,17-18H,16,19H2,1-2H3. The quantitative estimate of drug-likeness (QED) is 0.285. The summed E-state index contributed by atoms with van der Waals surface area (Å²) < 4.78 is 7.90. The molecule has 0 spiro atoms. The molecule has 0 aliphatic rings. The Labute approximate surface area is 198 Å². The number of aromatic nitrogens is 3. The van der Waals surface area contributed by atoms with Crippen LogP contribution in [0.15, 0.2) is 95.9 Å². The SMILES string of the molecule is Cc1ccc(C)c(Cn2c(Cc3ccncc3)nc3ccc(-c4ccc5occc5c4)cc32)c1. The fourth-order valence-electron chi connectivity index (χ4n) is 4.63. The molecule has 0 fully saturated rings. The van der Waals surface area contributed by atoms with Crippen LogP contribution in [0.2, 0.25) is 0 Å². The van der Waals surface area contributed by atoms with E-state index in [4.69, 9.17) is 9.40 Å². The Kier molecular flexibility index (Phi) is 4.99. The summed E-state index contributed by atoms with van der Waals surface area (Å²) in [5.41, 5.74) is 10.5. The summed E-state index contributed by atoms with van der Waals surface area (Å²) in [6.45, 7) is 5.12. The number of fused-ring (bicyclic) bond motifs is 2. The second-order valence-corrected chi connectivity index (χ2v) is 8.95. The molecule has 4 heteroatoms. The zero-order valence-electron chi connectivity index (χ0n) is 19.3. The third kappa shape index (κ3) is 3.77. The van der Waals surface area contributed by atoms with Gasteiger partial charge in [-0.1, -0.05) is 35.9 Å². The fourth-order valence-corrected chi connectivity index (χ4v) is 4.63. The van der Waals surface area contributed by atoms with E-state index in [-0.39, 0.29) is 0 Å². The Hall–Kier alpha value is -4.18. The Morgan fingerprint density at radius 2 is 1.65 bits per heavy atom. The van der Waals surface area contributed by atoms with Crippen LogP contribution >= 0.6 is 0 Å². The minimum absolute atomic E-state index is 0.762. The van der Waals surface area contributed by atoms with Crippen LogP contribution in [0.5, 0.6) is 0 Å². The predicted octanol–water partition coefficient (Wildman–Crippen LogP) is 7.10. The molecule has 0 radical (unpaired) electrons. The number of aryl methyl sites for hydroxylation is 2. The number of furan rings is 1. The lowest BCUT2D eigenvalue weighted by atomic mass is 10.0. The topological polar surface area (TPSA) is 43.9 Å². The molecule has 0 N–H and O–H groups in total. The lowest BCUT2D eigenvalue weighted by molar-refractivity contribution is 0.616. The largest absolute Gasteiger partial charge is 0.464 e. The number of hydrogen-bond acceptors (Lipinski definition) is 3. The van der Waals surface area contributed by atoms with E-state index in [0.717, 1.165) is 40.8 Å². The highest BCUT2D eigenvalue weighted by Crippen LogP contribution is 2.29. The Morgan fingerprint density at radius 3 is 2.53 bits per heavy atom. The van der Waals surface area contributed by atoms with E-state index in [2.05, 4.69) is 84.1 Å². The molecule has 6 rings (SSSR count). The number of imidazole rings is 1. The molecule has 0 bridgehead atoms. The molecule has 0 aliphatic carbocycles. The number of benzene rings is 3. The van der Waals surface area contributed by atoms with E-state index in [1.807, 2.05) is 24.5 Å². The molecule has 166 valence electrons.